The molecule has 0 saturated heterocycles. The highest BCUT2D eigenvalue weighted by Crippen LogP contribution is 2.46. The van der Waals surface area contributed by atoms with Crippen LogP contribution in [0.2, 0.25) is 0 Å². The largest absolute Gasteiger partial charge is 0.297 e. The second-order valence-electron chi connectivity index (χ2n) is 9.51. The highest BCUT2D eigenvalue weighted by molar-refractivity contribution is 5.89. The van der Waals surface area contributed by atoms with Gasteiger partial charge in [0.2, 0.25) is 5.82 Å². The lowest BCUT2D eigenvalue weighted by Crippen LogP contribution is -2.67. The molecule has 0 aliphatic carbocycles. The maximum atomic E-state index is 4.83. The minimum Gasteiger partial charge on any atom is -0.227 e. The van der Waals surface area contributed by atoms with Gasteiger partial charge in [-0.05, 0) is 68.9 Å². The van der Waals surface area contributed by atoms with Crippen LogP contribution in [0.3, 0.4) is 0 Å². The molecule has 0 bridgehead atoms. The Morgan fingerprint density at radius 2 is 1.81 bits per heavy atom. The molecule has 4 heteroatoms. The Balaban J connectivity index is 1.85. The van der Waals surface area contributed by atoms with Crippen LogP contribution in [0.4, 0.5) is 0 Å². The molecule has 0 saturated carbocycles. The van der Waals surface area contributed by atoms with Crippen molar-refractivity contribution in [2.75, 3.05) is 0 Å². The van der Waals surface area contributed by atoms with Crippen LogP contribution < -0.4 is 4.57 Å². The molecule has 4 aromatic rings. The molecule has 0 radical (unpaired) electrons. The number of hydrogen-bond acceptors (Lipinski definition) is 2. The summed E-state index contributed by atoms with van der Waals surface area (Å²) in [6.07, 6.45) is 7.84. The maximum absolute atomic E-state index is 4.83. The smallest absolute Gasteiger partial charge is 0.227 e. The minimum absolute atomic E-state index is 0.0567. The van der Waals surface area contributed by atoms with Crippen molar-refractivity contribution >= 4 is 16.7 Å². The van der Waals surface area contributed by atoms with Crippen molar-refractivity contribution in [1.82, 2.24) is 14.6 Å². The van der Waals surface area contributed by atoms with E-state index in [2.05, 4.69) is 92.2 Å². The number of aromatic nitrogens is 4. The van der Waals surface area contributed by atoms with Crippen LogP contribution in [-0.4, -0.2) is 14.6 Å². The summed E-state index contributed by atoms with van der Waals surface area (Å²) in [6.45, 7) is 11.6. The van der Waals surface area contributed by atoms with E-state index >= 15 is 0 Å². The summed E-state index contributed by atoms with van der Waals surface area (Å²) in [6, 6.07) is 15.7. The summed E-state index contributed by atoms with van der Waals surface area (Å²) < 4.78 is 4.82. The summed E-state index contributed by atoms with van der Waals surface area (Å²) in [5.41, 5.74) is 5.80. The standard InChI is InChI=1S/C27H33N4/c1-6-9-12-19-13-10-14-20(17-19)22-18-21-15-11-16-30-24(21)31-23(22)28-29-25(31)26(4,7-2)27(30,5)8-3/h10-11,13-18H,6-9,12H2,1-5H3/q+1. The average molecular weight is 414 g/mol. The molecule has 4 nitrogen and oxygen atoms in total. The van der Waals surface area contributed by atoms with Gasteiger partial charge in [-0.2, -0.15) is 4.40 Å². The SMILES string of the molecule is CCCCc1cccc(-c2cc3ccc[n+]4c3n3c(nnc23)C(C)(CC)C4(C)CC)c1. The molecule has 1 aliphatic rings. The Bertz CT molecular complexity index is 1290. The monoisotopic (exact) mass is 413 g/mol. The fourth-order valence-corrected chi connectivity index (χ4v) is 5.60. The van der Waals surface area contributed by atoms with Gasteiger partial charge in [0.15, 0.2) is 0 Å². The van der Waals surface area contributed by atoms with Gasteiger partial charge in [0.25, 0.3) is 11.3 Å². The number of rotatable bonds is 6. The van der Waals surface area contributed by atoms with E-state index in [4.69, 9.17) is 10.2 Å². The third-order valence-corrected chi connectivity index (χ3v) is 8.08. The van der Waals surface area contributed by atoms with Gasteiger partial charge >= 0.3 is 0 Å². The topological polar surface area (TPSA) is 34.1 Å². The molecule has 1 aromatic carbocycles. The van der Waals surface area contributed by atoms with Crippen LogP contribution in [0.1, 0.15) is 71.7 Å². The van der Waals surface area contributed by atoms with Crippen LogP contribution in [0, 0.1) is 0 Å². The van der Waals surface area contributed by atoms with E-state index in [1.807, 2.05) is 0 Å². The highest BCUT2D eigenvalue weighted by atomic mass is 15.3. The van der Waals surface area contributed by atoms with Gasteiger partial charge in [-0.3, -0.25) is 0 Å². The number of pyridine rings is 2. The van der Waals surface area contributed by atoms with Crippen molar-refractivity contribution in [2.24, 2.45) is 0 Å². The first kappa shape index (κ1) is 20.2. The van der Waals surface area contributed by atoms with Crippen LogP contribution in [-0.2, 0) is 17.4 Å². The second kappa shape index (κ2) is 7.15. The highest BCUT2D eigenvalue weighted by Gasteiger charge is 2.56. The van der Waals surface area contributed by atoms with Gasteiger partial charge < -0.3 is 0 Å². The second-order valence-corrected chi connectivity index (χ2v) is 9.51. The van der Waals surface area contributed by atoms with E-state index in [-0.39, 0.29) is 11.0 Å². The number of unbranched alkanes of at least 4 members (excludes halogenated alkanes) is 1. The quantitative estimate of drug-likeness (QED) is 0.364. The van der Waals surface area contributed by atoms with Gasteiger partial charge in [0, 0.05) is 0 Å². The third kappa shape index (κ3) is 2.63. The first-order valence-electron chi connectivity index (χ1n) is 11.8. The van der Waals surface area contributed by atoms with Crippen LogP contribution >= 0.6 is 0 Å². The van der Waals surface area contributed by atoms with Crippen molar-refractivity contribution < 1.29 is 4.57 Å². The molecular weight excluding hydrogens is 380 g/mol. The molecule has 0 fully saturated rings. The van der Waals surface area contributed by atoms with Crippen molar-refractivity contribution in [3.05, 3.63) is 60.0 Å². The lowest BCUT2D eigenvalue weighted by atomic mass is 9.66. The molecule has 0 spiro atoms. The fourth-order valence-electron chi connectivity index (χ4n) is 5.60. The van der Waals surface area contributed by atoms with Gasteiger partial charge in [0.1, 0.15) is 5.54 Å². The molecule has 2 atom stereocenters. The average Bonchev–Trinajstić information content (AvgIpc) is 3.26. The number of aryl methyl sites for hydroxylation is 1. The zero-order chi connectivity index (χ0) is 21.8. The zero-order valence-corrected chi connectivity index (χ0v) is 19.4. The van der Waals surface area contributed by atoms with Gasteiger partial charge in [0.05, 0.1) is 22.6 Å². The van der Waals surface area contributed by atoms with Crippen molar-refractivity contribution in [3.8, 4) is 11.1 Å². The predicted octanol–water partition coefficient (Wildman–Crippen LogP) is 5.99. The molecule has 3 aromatic heterocycles. The molecular formula is C27H33N4+. The summed E-state index contributed by atoms with van der Waals surface area (Å²) in [5, 5.41) is 10.9. The Hall–Kier alpha value is -2.75. The van der Waals surface area contributed by atoms with E-state index in [0.717, 1.165) is 30.7 Å². The lowest BCUT2D eigenvalue weighted by molar-refractivity contribution is -0.754. The predicted molar refractivity (Wildman–Crippen MR) is 126 cm³/mol. The first-order chi connectivity index (χ1) is 15.0. The normalized spacial score (nSPS) is 22.6. The molecule has 2 unspecified atom stereocenters. The van der Waals surface area contributed by atoms with Crippen molar-refractivity contribution in [3.63, 3.8) is 0 Å². The van der Waals surface area contributed by atoms with Gasteiger partial charge in [-0.1, -0.05) is 51.5 Å². The summed E-state index contributed by atoms with van der Waals surface area (Å²) >= 11 is 0. The molecule has 4 heterocycles. The zero-order valence-electron chi connectivity index (χ0n) is 19.4. The van der Waals surface area contributed by atoms with E-state index < -0.39 is 0 Å². The molecule has 31 heavy (non-hydrogen) atoms. The van der Waals surface area contributed by atoms with Gasteiger partial charge in [-0.25, -0.2) is 4.57 Å². The Labute approximate surface area is 184 Å². The first-order valence-corrected chi connectivity index (χ1v) is 11.8. The van der Waals surface area contributed by atoms with Crippen LogP contribution in [0.5, 0.6) is 0 Å². The maximum Gasteiger partial charge on any atom is 0.297 e. The Morgan fingerprint density at radius 1 is 0.968 bits per heavy atom. The minimum atomic E-state index is -0.102. The van der Waals surface area contributed by atoms with Crippen LogP contribution in [0.25, 0.3) is 27.8 Å². The van der Waals surface area contributed by atoms with Crippen LogP contribution in [0.15, 0.2) is 48.7 Å². The molecule has 5 rings (SSSR count). The third-order valence-electron chi connectivity index (χ3n) is 8.08. The Kier molecular flexibility index (Phi) is 4.65. The lowest BCUT2D eigenvalue weighted by Gasteiger charge is -2.43. The van der Waals surface area contributed by atoms with Crippen molar-refractivity contribution in [2.45, 2.75) is 77.7 Å². The van der Waals surface area contributed by atoms with Gasteiger partial charge in [-0.15, -0.1) is 10.2 Å². The van der Waals surface area contributed by atoms with E-state index in [0.29, 0.717) is 0 Å². The summed E-state index contributed by atoms with van der Waals surface area (Å²) in [5.74, 6) is 1.09. The number of hydrogen-bond donors (Lipinski definition) is 0. The molecule has 0 N–H and O–H groups in total. The van der Waals surface area contributed by atoms with E-state index in [9.17, 15) is 0 Å². The Morgan fingerprint density at radius 3 is 2.55 bits per heavy atom. The van der Waals surface area contributed by atoms with E-state index in [1.165, 1.54) is 40.6 Å². The number of benzene rings is 1. The summed E-state index contributed by atoms with van der Waals surface area (Å²) in [7, 11) is 0. The number of nitrogens with zero attached hydrogens (tertiary/aromatic N) is 4. The summed E-state index contributed by atoms with van der Waals surface area (Å²) in [4.78, 5) is 0. The molecule has 160 valence electrons. The molecule has 1 aliphatic heterocycles. The van der Waals surface area contributed by atoms with E-state index in [1.54, 1.807) is 0 Å². The molecule has 0 amide bonds. The fraction of sp³-hybridized carbons (Fsp3) is 0.444. The van der Waals surface area contributed by atoms with Crippen molar-refractivity contribution in [1.29, 1.82) is 0 Å².